The molecule has 1 saturated carbocycles. The average Bonchev–Trinajstić information content (AvgIpc) is 2.60. The van der Waals surface area contributed by atoms with Crippen LogP contribution in [0.5, 0.6) is 0 Å². The van der Waals surface area contributed by atoms with E-state index >= 15 is 0 Å². The van der Waals surface area contributed by atoms with Crippen LogP contribution in [-0.2, 0) is 21.1 Å². The molecule has 4 atom stereocenters. The predicted molar refractivity (Wildman–Crippen MR) is 41.5 cm³/mol. The van der Waals surface area contributed by atoms with Crippen molar-refractivity contribution in [3.05, 3.63) is 24.3 Å². The molecule has 0 spiro atoms. The van der Waals surface area contributed by atoms with E-state index in [9.17, 15) is 0 Å². The zero-order valence-corrected chi connectivity index (χ0v) is 8.62. The number of fused-ring (bicyclic) bond motifs is 5. The van der Waals surface area contributed by atoms with Crippen molar-refractivity contribution in [3.8, 4) is 0 Å². The van der Waals surface area contributed by atoms with Gasteiger partial charge in [-0.15, -0.1) is 0 Å². The minimum Gasteiger partial charge on any atom is -0.0879 e. The Hall–Kier alpha value is 0.168. The molecule has 1 heteroatoms. The van der Waals surface area contributed by atoms with Gasteiger partial charge in [0.25, 0.3) is 0 Å². The van der Waals surface area contributed by atoms with E-state index in [0.717, 1.165) is 23.7 Å². The second-order valence-corrected chi connectivity index (χ2v) is 3.85. The molecule has 0 aliphatic heterocycles. The van der Waals surface area contributed by atoms with Gasteiger partial charge < -0.3 is 0 Å². The number of allylic oxidation sites excluding steroid dienone is 4. The first-order chi connectivity index (χ1) is 4.95. The first kappa shape index (κ1) is 7.80. The van der Waals surface area contributed by atoms with E-state index in [1.54, 1.807) is 0 Å². The van der Waals surface area contributed by atoms with Gasteiger partial charge in [-0.3, -0.25) is 0 Å². The molecule has 4 unspecified atom stereocenters. The standard InChI is InChI=1S/C10H12.Pt/c1-2-9-7-4-5-8(6-7)10(9)3-1;/h1-2,4-5,7-10H,3,6H2;/q;+2. The van der Waals surface area contributed by atoms with Crippen molar-refractivity contribution in [3.63, 3.8) is 0 Å². The molecule has 0 nitrogen and oxygen atoms in total. The topological polar surface area (TPSA) is 0 Å². The molecule has 0 saturated heterocycles. The van der Waals surface area contributed by atoms with Gasteiger partial charge in [-0.05, 0) is 36.5 Å². The Kier molecular flexibility index (Phi) is 1.84. The van der Waals surface area contributed by atoms with Crippen LogP contribution < -0.4 is 0 Å². The molecule has 0 aromatic carbocycles. The Labute approximate surface area is 82.0 Å². The zero-order valence-electron chi connectivity index (χ0n) is 6.35. The smallest absolute Gasteiger partial charge is 0.0879 e. The van der Waals surface area contributed by atoms with Gasteiger partial charge in [0.15, 0.2) is 0 Å². The Bertz CT molecular complexity index is 217. The number of hydrogen-bond acceptors (Lipinski definition) is 0. The number of hydrogen-bond donors (Lipinski definition) is 0. The van der Waals surface area contributed by atoms with Crippen LogP contribution in [-0.4, -0.2) is 0 Å². The van der Waals surface area contributed by atoms with Gasteiger partial charge in [-0.1, -0.05) is 24.3 Å². The van der Waals surface area contributed by atoms with E-state index < -0.39 is 0 Å². The van der Waals surface area contributed by atoms with Gasteiger partial charge in [0, 0.05) is 0 Å². The summed E-state index contributed by atoms with van der Waals surface area (Å²) in [5.74, 6) is 3.82. The van der Waals surface area contributed by atoms with E-state index in [4.69, 9.17) is 0 Å². The molecule has 0 radical (unpaired) electrons. The summed E-state index contributed by atoms with van der Waals surface area (Å²) in [7, 11) is 0. The first-order valence-electron chi connectivity index (χ1n) is 4.30. The van der Waals surface area contributed by atoms with Gasteiger partial charge in [-0.25, -0.2) is 0 Å². The maximum absolute atomic E-state index is 2.44. The fourth-order valence-electron chi connectivity index (χ4n) is 2.97. The third kappa shape index (κ3) is 0.919. The minimum absolute atomic E-state index is 0. The van der Waals surface area contributed by atoms with Crippen LogP contribution >= 0.6 is 0 Å². The zero-order chi connectivity index (χ0) is 6.55. The first-order valence-corrected chi connectivity index (χ1v) is 4.30. The third-order valence-electron chi connectivity index (χ3n) is 3.46. The molecular formula is C10H12Pt+2. The SMILES string of the molecule is C1=CC2C3C=CC(C3)C2C1.[Pt+2]. The van der Waals surface area contributed by atoms with Crippen molar-refractivity contribution in [2.24, 2.45) is 23.7 Å². The van der Waals surface area contributed by atoms with E-state index in [2.05, 4.69) is 24.3 Å². The Morgan fingerprint density at radius 3 is 2.64 bits per heavy atom. The normalized spacial score (nSPS) is 49.5. The van der Waals surface area contributed by atoms with E-state index in [0.29, 0.717) is 0 Å². The van der Waals surface area contributed by atoms with E-state index in [-0.39, 0.29) is 21.1 Å². The van der Waals surface area contributed by atoms with Crippen molar-refractivity contribution in [2.75, 3.05) is 0 Å². The predicted octanol–water partition coefficient (Wildman–Crippen LogP) is 2.38. The van der Waals surface area contributed by atoms with Gasteiger partial charge >= 0.3 is 21.1 Å². The van der Waals surface area contributed by atoms with Crippen LogP contribution in [0.1, 0.15) is 12.8 Å². The summed E-state index contributed by atoms with van der Waals surface area (Å²) in [6.45, 7) is 0. The summed E-state index contributed by atoms with van der Waals surface area (Å²) in [5.41, 5.74) is 0. The molecule has 11 heavy (non-hydrogen) atoms. The summed E-state index contributed by atoms with van der Waals surface area (Å²) in [4.78, 5) is 0. The molecule has 0 heterocycles. The van der Waals surface area contributed by atoms with Gasteiger partial charge in [0.05, 0.1) is 0 Å². The molecule has 0 aromatic rings. The Morgan fingerprint density at radius 1 is 1.00 bits per heavy atom. The fraction of sp³-hybridized carbons (Fsp3) is 0.600. The van der Waals surface area contributed by atoms with E-state index in [1.165, 1.54) is 12.8 Å². The molecule has 3 rings (SSSR count). The maximum atomic E-state index is 2.44. The largest absolute Gasteiger partial charge is 2.00 e. The summed E-state index contributed by atoms with van der Waals surface area (Å²) >= 11 is 0. The molecule has 0 amide bonds. The van der Waals surface area contributed by atoms with Gasteiger partial charge in [0.2, 0.25) is 0 Å². The molecule has 3 aliphatic rings. The number of rotatable bonds is 0. The molecule has 3 aliphatic carbocycles. The Morgan fingerprint density at radius 2 is 1.82 bits per heavy atom. The van der Waals surface area contributed by atoms with Crippen LogP contribution in [0, 0.1) is 23.7 Å². The second-order valence-electron chi connectivity index (χ2n) is 3.85. The second kappa shape index (κ2) is 2.59. The molecule has 0 N–H and O–H groups in total. The Balaban J connectivity index is 0.000000480. The minimum atomic E-state index is 0. The molecular weight excluding hydrogens is 315 g/mol. The van der Waals surface area contributed by atoms with Gasteiger partial charge in [0.1, 0.15) is 0 Å². The van der Waals surface area contributed by atoms with Crippen molar-refractivity contribution in [1.29, 1.82) is 0 Å². The van der Waals surface area contributed by atoms with Crippen molar-refractivity contribution < 1.29 is 21.1 Å². The fourth-order valence-corrected chi connectivity index (χ4v) is 2.97. The van der Waals surface area contributed by atoms with Gasteiger partial charge in [-0.2, -0.15) is 0 Å². The molecule has 1 fully saturated rings. The molecule has 2 bridgehead atoms. The summed E-state index contributed by atoms with van der Waals surface area (Å²) in [6.07, 6.45) is 12.5. The average molecular weight is 327 g/mol. The van der Waals surface area contributed by atoms with E-state index in [1.807, 2.05) is 0 Å². The summed E-state index contributed by atoms with van der Waals surface area (Å²) < 4.78 is 0. The summed E-state index contributed by atoms with van der Waals surface area (Å²) in [6, 6.07) is 0. The summed E-state index contributed by atoms with van der Waals surface area (Å²) in [5, 5.41) is 0. The molecule has 0 aromatic heterocycles. The van der Waals surface area contributed by atoms with Crippen LogP contribution in [0.25, 0.3) is 0 Å². The third-order valence-corrected chi connectivity index (χ3v) is 3.46. The van der Waals surface area contributed by atoms with Crippen molar-refractivity contribution in [2.45, 2.75) is 12.8 Å². The van der Waals surface area contributed by atoms with Crippen molar-refractivity contribution in [1.82, 2.24) is 0 Å². The van der Waals surface area contributed by atoms with Crippen molar-refractivity contribution >= 4 is 0 Å². The van der Waals surface area contributed by atoms with Crippen LogP contribution in [0.15, 0.2) is 24.3 Å². The van der Waals surface area contributed by atoms with Crippen LogP contribution in [0.4, 0.5) is 0 Å². The van der Waals surface area contributed by atoms with Crippen LogP contribution in [0.2, 0.25) is 0 Å². The monoisotopic (exact) mass is 327 g/mol. The molecule has 60 valence electrons. The maximum Gasteiger partial charge on any atom is 2.00 e. The van der Waals surface area contributed by atoms with Crippen LogP contribution in [0.3, 0.4) is 0 Å². The quantitative estimate of drug-likeness (QED) is 0.600.